The fourth-order valence-electron chi connectivity index (χ4n) is 0.790. The Morgan fingerprint density at radius 2 is 2.00 bits per heavy atom. The summed E-state index contributed by atoms with van der Waals surface area (Å²) < 4.78 is 1.78. The summed E-state index contributed by atoms with van der Waals surface area (Å²) in [5, 5.41) is 4.10. The fraction of sp³-hybridized carbons (Fsp3) is 0.429. The topological polar surface area (TPSA) is 17.8 Å². The first-order valence-corrected chi connectivity index (χ1v) is 2.88. The Balaban J connectivity index is 3.29. The number of rotatable bonds is 0. The molecule has 2 radical (unpaired) electrons. The smallest absolute Gasteiger partial charge is 0.0631 e. The van der Waals surface area contributed by atoms with Crippen molar-refractivity contribution in [2.24, 2.45) is 7.05 Å². The normalized spacial score (nSPS) is 10.2. The van der Waals surface area contributed by atoms with Crippen LogP contribution in [0, 0.1) is 20.8 Å². The molecule has 0 unspecified atom stereocenters. The highest BCUT2D eigenvalue weighted by molar-refractivity contribution is 5.26. The second-order valence-corrected chi connectivity index (χ2v) is 2.21. The molecule has 0 atom stereocenters. The van der Waals surface area contributed by atoms with Crippen LogP contribution in [0.1, 0.15) is 17.0 Å². The third-order valence-corrected chi connectivity index (χ3v) is 1.56. The summed E-state index contributed by atoms with van der Waals surface area (Å²) in [6.07, 6.45) is 0. The molecule has 0 aliphatic rings. The van der Waals surface area contributed by atoms with Crippen molar-refractivity contribution in [3.05, 3.63) is 23.9 Å². The fourth-order valence-corrected chi connectivity index (χ4v) is 0.790. The van der Waals surface area contributed by atoms with Crippen LogP contribution in [-0.4, -0.2) is 9.78 Å². The van der Waals surface area contributed by atoms with E-state index in [9.17, 15) is 0 Å². The lowest BCUT2D eigenvalue weighted by atomic mass is 10.2. The molecule has 1 rings (SSSR count). The van der Waals surface area contributed by atoms with E-state index in [1.165, 1.54) is 0 Å². The molecular formula is C7H10N2. The quantitative estimate of drug-likeness (QED) is 0.503. The highest BCUT2D eigenvalue weighted by Crippen LogP contribution is 2.08. The van der Waals surface area contributed by atoms with Crippen LogP contribution in [-0.2, 0) is 7.05 Å². The summed E-state index contributed by atoms with van der Waals surface area (Å²) >= 11 is 0. The summed E-state index contributed by atoms with van der Waals surface area (Å²) in [5.41, 5.74) is 2.75. The van der Waals surface area contributed by atoms with E-state index < -0.39 is 0 Å². The molecule has 0 N–H and O–H groups in total. The SMILES string of the molecule is [CH]c1c(C)nn(C)c1C. The number of aryl methyl sites for hydroxylation is 2. The zero-order chi connectivity index (χ0) is 7.02. The molecule has 1 heterocycles. The molecule has 1 aromatic rings. The van der Waals surface area contributed by atoms with Gasteiger partial charge in [-0.05, 0) is 13.8 Å². The Kier molecular flexibility index (Phi) is 1.31. The van der Waals surface area contributed by atoms with Crippen molar-refractivity contribution in [3.63, 3.8) is 0 Å². The van der Waals surface area contributed by atoms with Crippen LogP contribution in [0.2, 0.25) is 0 Å². The van der Waals surface area contributed by atoms with Gasteiger partial charge in [-0.2, -0.15) is 5.10 Å². The molecule has 0 saturated carbocycles. The Labute approximate surface area is 55.5 Å². The second kappa shape index (κ2) is 1.87. The molecule has 0 aliphatic carbocycles. The number of hydrogen-bond donors (Lipinski definition) is 0. The summed E-state index contributed by atoms with van der Waals surface area (Å²) in [5.74, 6) is 0. The van der Waals surface area contributed by atoms with Gasteiger partial charge in [-0.3, -0.25) is 4.68 Å². The van der Waals surface area contributed by atoms with Gasteiger partial charge >= 0.3 is 0 Å². The maximum Gasteiger partial charge on any atom is 0.0631 e. The van der Waals surface area contributed by atoms with E-state index in [0.29, 0.717) is 0 Å². The zero-order valence-electron chi connectivity index (χ0n) is 5.97. The molecule has 0 amide bonds. The molecule has 0 bridgehead atoms. The van der Waals surface area contributed by atoms with Gasteiger partial charge in [-0.1, -0.05) is 0 Å². The Morgan fingerprint density at radius 1 is 1.44 bits per heavy atom. The molecule has 9 heavy (non-hydrogen) atoms. The molecule has 0 fully saturated rings. The van der Waals surface area contributed by atoms with Crippen LogP contribution in [0.3, 0.4) is 0 Å². The van der Waals surface area contributed by atoms with E-state index in [0.717, 1.165) is 17.0 Å². The Bertz CT molecular complexity index is 201. The van der Waals surface area contributed by atoms with Gasteiger partial charge in [0.1, 0.15) is 0 Å². The van der Waals surface area contributed by atoms with E-state index in [-0.39, 0.29) is 0 Å². The average Bonchev–Trinajstić information content (AvgIpc) is 1.98. The highest BCUT2D eigenvalue weighted by atomic mass is 15.3. The lowest BCUT2D eigenvalue weighted by molar-refractivity contribution is 0.731. The van der Waals surface area contributed by atoms with Crippen molar-refractivity contribution in [1.82, 2.24) is 9.78 Å². The van der Waals surface area contributed by atoms with E-state index in [1.807, 2.05) is 20.9 Å². The van der Waals surface area contributed by atoms with Crippen LogP contribution in [0.15, 0.2) is 0 Å². The van der Waals surface area contributed by atoms with Gasteiger partial charge in [0.15, 0.2) is 0 Å². The van der Waals surface area contributed by atoms with Gasteiger partial charge in [0.25, 0.3) is 0 Å². The largest absolute Gasteiger partial charge is 0.272 e. The summed E-state index contributed by atoms with van der Waals surface area (Å²) in [4.78, 5) is 0. The lowest BCUT2D eigenvalue weighted by Gasteiger charge is -1.90. The minimum absolute atomic E-state index is 0.803. The van der Waals surface area contributed by atoms with Crippen molar-refractivity contribution < 1.29 is 0 Å². The van der Waals surface area contributed by atoms with Crippen LogP contribution in [0.5, 0.6) is 0 Å². The summed E-state index contributed by atoms with van der Waals surface area (Å²) in [7, 11) is 1.89. The standard InChI is InChI=1S/C7H10N2/c1-5-6(2)8-9(4)7(5)3/h1H,2-4H3. The number of nitrogens with zero attached hydrogens (tertiary/aromatic N) is 2. The average molecular weight is 122 g/mol. The first kappa shape index (κ1) is 6.33. The van der Waals surface area contributed by atoms with E-state index >= 15 is 0 Å². The Morgan fingerprint density at radius 3 is 2.11 bits per heavy atom. The van der Waals surface area contributed by atoms with Crippen LogP contribution in [0.4, 0.5) is 0 Å². The molecule has 2 nitrogen and oxygen atoms in total. The lowest BCUT2D eigenvalue weighted by Crippen LogP contribution is -1.92. The molecule has 0 saturated heterocycles. The monoisotopic (exact) mass is 122 g/mol. The molecule has 1 aromatic heterocycles. The third kappa shape index (κ3) is 0.846. The van der Waals surface area contributed by atoms with Gasteiger partial charge in [-0.25, -0.2) is 0 Å². The van der Waals surface area contributed by atoms with Gasteiger partial charge in [0, 0.05) is 25.2 Å². The van der Waals surface area contributed by atoms with Gasteiger partial charge < -0.3 is 0 Å². The highest BCUT2D eigenvalue weighted by Gasteiger charge is 2.01. The van der Waals surface area contributed by atoms with Gasteiger partial charge in [0.05, 0.1) is 5.69 Å². The molecular weight excluding hydrogens is 112 g/mol. The first-order valence-electron chi connectivity index (χ1n) is 2.88. The van der Waals surface area contributed by atoms with Crippen molar-refractivity contribution in [3.8, 4) is 0 Å². The molecule has 48 valence electrons. The predicted octanol–water partition coefficient (Wildman–Crippen LogP) is 1.10. The summed E-state index contributed by atoms with van der Waals surface area (Å²) in [6.45, 7) is 9.48. The van der Waals surface area contributed by atoms with Crippen molar-refractivity contribution >= 4 is 0 Å². The predicted molar refractivity (Wildman–Crippen MR) is 36.1 cm³/mol. The van der Waals surface area contributed by atoms with E-state index in [4.69, 9.17) is 6.92 Å². The minimum atomic E-state index is 0.803. The van der Waals surface area contributed by atoms with Gasteiger partial charge in [-0.15, -0.1) is 0 Å². The second-order valence-electron chi connectivity index (χ2n) is 2.21. The summed E-state index contributed by atoms with van der Waals surface area (Å²) in [6, 6.07) is 0. The van der Waals surface area contributed by atoms with Gasteiger partial charge in [0.2, 0.25) is 0 Å². The third-order valence-electron chi connectivity index (χ3n) is 1.56. The maximum absolute atomic E-state index is 5.62. The molecule has 2 heteroatoms. The van der Waals surface area contributed by atoms with E-state index in [2.05, 4.69) is 5.10 Å². The maximum atomic E-state index is 5.62. The van der Waals surface area contributed by atoms with E-state index in [1.54, 1.807) is 4.68 Å². The molecule has 0 aromatic carbocycles. The van der Waals surface area contributed by atoms with Crippen molar-refractivity contribution in [2.45, 2.75) is 13.8 Å². The van der Waals surface area contributed by atoms with Crippen LogP contribution >= 0.6 is 0 Å². The first-order chi connectivity index (χ1) is 4.13. The van der Waals surface area contributed by atoms with Crippen molar-refractivity contribution in [2.75, 3.05) is 0 Å². The molecule has 0 aliphatic heterocycles. The number of aromatic nitrogens is 2. The minimum Gasteiger partial charge on any atom is -0.272 e. The van der Waals surface area contributed by atoms with Crippen molar-refractivity contribution in [1.29, 1.82) is 0 Å². The Hall–Kier alpha value is -0.790. The molecule has 0 spiro atoms. The number of hydrogen-bond acceptors (Lipinski definition) is 1. The van der Waals surface area contributed by atoms with Crippen LogP contribution < -0.4 is 0 Å². The van der Waals surface area contributed by atoms with Crippen LogP contribution in [0.25, 0.3) is 0 Å². The zero-order valence-corrected chi connectivity index (χ0v) is 5.97.